The van der Waals surface area contributed by atoms with Gasteiger partial charge in [-0.1, -0.05) is 96.0 Å². The van der Waals surface area contributed by atoms with Crippen molar-refractivity contribution in [1.82, 2.24) is 10.2 Å². The maximum Gasteiger partial charge on any atom is 0.306 e. The van der Waals surface area contributed by atoms with Gasteiger partial charge in [0.2, 0.25) is 11.8 Å². The van der Waals surface area contributed by atoms with E-state index in [1.54, 1.807) is 42.5 Å². The minimum absolute atomic E-state index is 0.0825. The first kappa shape index (κ1) is 34.4. The largest absolute Gasteiger partial charge is 0.463 e. The monoisotopic (exact) mass is 739 g/mol. The van der Waals surface area contributed by atoms with Gasteiger partial charge in [0, 0.05) is 17.4 Å². The average molecular weight is 741 g/mol. The number of nitrogens with one attached hydrogen (secondary N) is 1. The fraction of sp³-hybridized carbons (Fsp3) is 0.444. The number of cyclic esters (lactones) is 1. The molecule has 4 heterocycles. The second-order valence-electron chi connectivity index (χ2n) is 13.1. The molecule has 2 aromatic carbocycles. The van der Waals surface area contributed by atoms with Gasteiger partial charge in [-0.3, -0.25) is 19.2 Å². The number of allylic oxidation sites excluding steroid dienone is 1. The zero-order chi connectivity index (χ0) is 34.2. The van der Waals surface area contributed by atoms with Crippen molar-refractivity contribution in [2.75, 3.05) is 24.7 Å². The number of amides is 3. The van der Waals surface area contributed by atoms with Crippen LogP contribution < -0.4 is 10.2 Å². The van der Waals surface area contributed by atoms with Crippen molar-refractivity contribution in [2.45, 2.75) is 62.9 Å². The molecule has 0 radical (unpaired) electrons. The van der Waals surface area contributed by atoms with E-state index in [0.29, 0.717) is 28.0 Å². The number of ether oxygens (including phenoxy) is 2. The Bertz CT molecular complexity index is 1630. The van der Waals surface area contributed by atoms with Gasteiger partial charge in [-0.15, -0.1) is 0 Å². The fourth-order valence-corrected chi connectivity index (χ4v) is 8.47. The topological polar surface area (TPSA) is 125 Å². The Labute approximate surface area is 293 Å². The van der Waals surface area contributed by atoms with Crippen LogP contribution in [0.2, 0.25) is 5.02 Å². The maximum atomic E-state index is 15.1. The third kappa shape index (κ3) is 6.21. The highest BCUT2D eigenvalue weighted by atomic mass is 79.9. The zero-order valence-electron chi connectivity index (χ0n) is 26.8. The molecular formula is C36H39BrClN3O7. The standard InChI is InChI=1S/C36H39BrClN3O7/c1-21(2)17-23(19-42)41-32-35(46)40(27-14-9-8-13-25(27)38)16-10-4-7-15-28(43)47-20-26(22-11-5-3-6-12-22)39-33(44)29-30(34(41)45)36(32)18-24(37)31(29)48-36/h3-6,8-14,18,21,23,26,29-32,42H,7,15-17,19-20H2,1-2H3,(H,39,44)/b10-4-/t23-,26+,29+,30-,31+,32+,36-/m1/s1. The molecule has 2 saturated heterocycles. The number of carbonyl (C=O) groups excluding carboxylic acids is 4. The minimum Gasteiger partial charge on any atom is -0.463 e. The van der Waals surface area contributed by atoms with Crippen molar-refractivity contribution in [3.05, 3.63) is 87.9 Å². The predicted molar refractivity (Wildman–Crippen MR) is 183 cm³/mol. The Hall–Kier alpha value is -3.51. The van der Waals surface area contributed by atoms with E-state index in [1.807, 2.05) is 44.2 Å². The van der Waals surface area contributed by atoms with Crippen LogP contribution in [0, 0.1) is 17.8 Å². The minimum atomic E-state index is -1.50. The molecule has 4 aliphatic rings. The molecule has 0 saturated carbocycles. The lowest BCUT2D eigenvalue weighted by Crippen LogP contribution is -2.59. The molecule has 254 valence electrons. The summed E-state index contributed by atoms with van der Waals surface area (Å²) in [6.45, 7) is 3.56. The van der Waals surface area contributed by atoms with E-state index < -0.39 is 65.4 Å². The third-order valence-electron chi connectivity index (χ3n) is 9.56. The van der Waals surface area contributed by atoms with Crippen LogP contribution in [-0.4, -0.2) is 77.2 Å². The maximum absolute atomic E-state index is 15.1. The molecule has 3 amide bonds. The molecule has 0 unspecified atom stereocenters. The van der Waals surface area contributed by atoms with E-state index in [-0.39, 0.29) is 32.1 Å². The first-order valence-corrected chi connectivity index (χ1v) is 17.5. The van der Waals surface area contributed by atoms with E-state index in [1.165, 1.54) is 9.80 Å². The second kappa shape index (κ2) is 14.2. The second-order valence-corrected chi connectivity index (χ2v) is 14.4. The lowest BCUT2D eigenvalue weighted by molar-refractivity contribution is -0.146. The van der Waals surface area contributed by atoms with Crippen molar-refractivity contribution >= 4 is 56.9 Å². The predicted octanol–water partition coefficient (Wildman–Crippen LogP) is 4.70. The molecule has 48 heavy (non-hydrogen) atoms. The number of aliphatic hydroxyl groups excluding tert-OH is 1. The number of likely N-dealkylation sites (tertiary alicyclic amines) is 1. The van der Waals surface area contributed by atoms with Crippen LogP contribution in [0.15, 0.2) is 77.3 Å². The summed E-state index contributed by atoms with van der Waals surface area (Å²) in [4.78, 5) is 59.9. The number of nitrogens with zero attached hydrogens (tertiary/aromatic N) is 2. The number of fused-ring (bicyclic) bond motifs is 2. The molecule has 0 aromatic heterocycles. The van der Waals surface area contributed by atoms with Crippen LogP contribution in [0.4, 0.5) is 5.69 Å². The van der Waals surface area contributed by atoms with Crippen molar-refractivity contribution < 1.29 is 33.8 Å². The molecular weight excluding hydrogens is 702 g/mol. The first-order chi connectivity index (χ1) is 23.1. The number of anilines is 1. The SMILES string of the molecule is CC(C)C[C@H](CO)N1C(=O)[C@H]2[C@@H]3C(=O)N[C@H](c4ccccc4)COC(=O)CC/C=C\CN(c4ccccc4Cl)C(=O)[C@H]1[C@@]21C=C(Br)[C@@H]3O1. The van der Waals surface area contributed by atoms with E-state index in [9.17, 15) is 19.5 Å². The molecule has 7 atom stereocenters. The Morgan fingerprint density at radius 3 is 2.48 bits per heavy atom. The molecule has 2 fully saturated rings. The lowest BCUT2D eigenvalue weighted by Gasteiger charge is -2.39. The van der Waals surface area contributed by atoms with Gasteiger partial charge < -0.3 is 29.7 Å². The first-order valence-electron chi connectivity index (χ1n) is 16.3. The summed E-state index contributed by atoms with van der Waals surface area (Å²) in [5.41, 5.74) is -0.348. The van der Waals surface area contributed by atoms with Crippen LogP contribution in [0.25, 0.3) is 0 Å². The third-order valence-corrected chi connectivity index (χ3v) is 10.6. The summed E-state index contributed by atoms with van der Waals surface area (Å²) < 4.78 is 12.8. The Balaban J connectivity index is 1.49. The van der Waals surface area contributed by atoms with Gasteiger partial charge in [0.25, 0.3) is 5.91 Å². The number of hydrogen-bond acceptors (Lipinski definition) is 7. The summed E-state index contributed by atoms with van der Waals surface area (Å²) >= 11 is 10.3. The number of carbonyl (C=O) groups is 4. The molecule has 2 aromatic rings. The molecule has 2 N–H and O–H groups in total. The highest BCUT2D eigenvalue weighted by molar-refractivity contribution is 9.11. The van der Waals surface area contributed by atoms with Crippen molar-refractivity contribution in [3.8, 4) is 0 Å². The van der Waals surface area contributed by atoms with Crippen molar-refractivity contribution in [1.29, 1.82) is 0 Å². The molecule has 10 nitrogen and oxygen atoms in total. The van der Waals surface area contributed by atoms with Gasteiger partial charge in [0.15, 0.2) is 0 Å². The number of halogens is 2. The highest BCUT2D eigenvalue weighted by Gasteiger charge is 2.75. The van der Waals surface area contributed by atoms with Gasteiger partial charge >= 0.3 is 5.97 Å². The Morgan fingerprint density at radius 1 is 1.04 bits per heavy atom. The number of aliphatic hydroxyl groups is 1. The summed E-state index contributed by atoms with van der Waals surface area (Å²) in [7, 11) is 0. The van der Waals surface area contributed by atoms with E-state index in [4.69, 9.17) is 21.1 Å². The van der Waals surface area contributed by atoms with E-state index in [2.05, 4.69) is 21.2 Å². The van der Waals surface area contributed by atoms with Gasteiger partial charge in [-0.05, 0) is 42.5 Å². The van der Waals surface area contributed by atoms with Crippen LogP contribution in [0.3, 0.4) is 0 Å². The smallest absolute Gasteiger partial charge is 0.306 e. The van der Waals surface area contributed by atoms with E-state index >= 15 is 4.79 Å². The van der Waals surface area contributed by atoms with Crippen LogP contribution in [0.5, 0.6) is 0 Å². The van der Waals surface area contributed by atoms with Gasteiger partial charge in [-0.2, -0.15) is 0 Å². The molecule has 5 bridgehead atoms. The average Bonchev–Trinajstić information content (AvgIpc) is 3.66. The van der Waals surface area contributed by atoms with Crippen molar-refractivity contribution in [3.63, 3.8) is 0 Å². The fourth-order valence-electron chi connectivity index (χ4n) is 7.50. The van der Waals surface area contributed by atoms with Gasteiger partial charge in [0.1, 0.15) is 24.4 Å². The normalized spacial score (nSPS) is 30.6. The quantitative estimate of drug-likeness (QED) is 0.325. The van der Waals surface area contributed by atoms with Crippen LogP contribution in [0.1, 0.15) is 44.7 Å². The van der Waals surface area contributed by atoms with Crippen LogP contribution in [-0.2, 0) is 28.7 Å². The molecule has 4 aliphatic heterocycles. The zero-order valence-corrected chi connectivity index (χ0v) is 29.1. The number of para-hydroxylation sites is 1. The summed E-state index contributed by atoms with van der Waals surface area (Å²) in [6.07, 6.45) is 5.38. The molecule has 6 rings (SSSR count). The highest BCUT2D eigenvalue weighted by Crippen LogP contribution is 2.59. The van der Waals surface area contributed by atoms with Gasteiger partial charge in [0.05, 0.1) is 41.2 Å². The summed E-state index contributed by atoms with van der Waals surface area (Å²) in [6, 6.07) is 13.5. The van der Waals surface area contributed by atoms with Crippen LogP contribution >= 0.6 is 27.5 Å². The molecule has 12 heteroatoms. The van der Waals surface area contributed by atoms with Gasteiger partial charge in [-0.25, -0.2) is 0 Å². The number of rotatable bonds is 6. The summed E-state index contributed by atoms with van der Waals surface area (Å²) in [5, 5.41) is 14.0. The summed E-state index contributed by atoms with van der Waals surface area (Å²) in [5.74, 6) is -3.79. The Kier molecular flexibility index (Phi) is 10.1. The number of benzene rings is 2. The van der Waals surface area contributed by atoms with Crippen molar-refractivity contribution in [2.24, 2.45) is 17.8 Å². The van der Waals surface area contributed by atoms with E-state index in [0.717, 1.165) is 5.56 Å². The lowest BCUT2D eigenvalue weighted by atomic mass is 9.74. The molecule has 0 aliphatic carbocycles. The number of hydrogen-bond donors (Lipinski definition) is 2. The number of esters is 1. The Morgan fingerprint density at radius 2 is 1.77 bits per heavy atom. The molecule has 1 spiro atoms.